The molecule has 0 atom stereocenters. The maximum Gasteiger partial charge on any atom is 0.335 e. The number of thiazole rings is 1. The van der Waals surface area contributed by atoms with Crippen LogP contribution in [0.4, 0.5) is 0 Å². The number of hydrogen-bond donors (Lipinski definition) is 2. The Bertz CT molecular complexity index is 938. The van der Waals surface area contributed by atoms with Crippen molar-refractivity contribution in [2.45, 2.75) is 13.0 Å². The van der Waals surface area contributed by atoms with Crippen molar-refractivity contribution in [3.8, 4) is 10.6 Å². The molecule has 3 aromatic rings. The second-order valence-corrected chi connectivity index (χ2v) is 6.84. The number of amides is 1. The van der Waals surface area contributed by atoms with Crippen molar-refractivity contribution in [3.05, 3.63) is 75.8 Å². The molecule has 7 heteroatoms. The Morgan fingerprint density at radius 1 is 1.12 bits per heavy atom. The lowest BCUT2D eigenvalue weighted by atomic mass is 10.1. The van der Waals surface area contributed by atoms with Crippen LogP contribution in [0.1, 0.15) is 21.6 Å². The van der Waals surface area contributed by atoms with Crippen molar-refractivity contribution in [1.82, 2.24) is 10.3 Å². The number of carbonyl (C=O) groups excluding carboxylic acids is 1. The van der Waals surface area contributed by atoms with Crippen LogP contribution in [-0.4, -0.2) is 22.0 Å². The van der Waals surface area contributed by atoms with Gasteiger partial charge < -0.3 is 10.4 Å². The average molecular weight is 387 g/mol. The summed E-state index contributed by atoms with van der Waals surface area (Å²) in [6, 6.07) is 13.8. The fourth-order valence-electron chi connectivity index (χ4n) is 2.34. The van der Waals surface area contributed by atoms with Crippen molar-refractivity contribution in [2.24, 2.45) is 0 Å². The van der Waals surface area contributed by atoms with Gasteiger partial charge in [0.05, 0.1) is 22.7 Å². The zero-order valence-electron chi connectivity index (χ0n) is 13.6. The molecule has 0 saturated heterocycles. The molecule has 0 fully saturated rings. The smallest absolute Gasteiger partial charge is 0.335 e. The molecule has 1 amide bonds. The lowest BCUT2D eigenvalue weighted by molar-refractivity contribution is -0.120. The van der Waals surface area contributed by atoms with Crippen molar-refractivity contribution < 1.29 is 14.7 Å². The van der Waals surface area contributed by atoms with Gasteiger partial charge in [0.25, 0.3) is 0 Å². The summed E-state index contributed by atoms with van der Waals surface area (Å²) in [6.07, 6.45) is 0.175. The Morgan fingerprint density at radius 2 is 1.85 bits per heavy atom. The molecule has 0 radical (unpaired) electrons. The first-order valence-corrected chi connectivity index (χ1v) is 9.07. The number of carbonyl (C=O) groups is 2. The number of aromatic nitrogens is 1. The van der Waals surface area contributed by atoms with Gasteiger partial charge in [-0.25, -0.2) is 9.78 Å². The number of carboxylic acids is 1. The first-order chi connectivity index (χ1) is 12.5. The van der Waals surface area contributed by atoms with Crippen molar-refractivity contribution in [2.75, 3.05) is 0 Å². The highest BCUT2D eigenvalue weighted by Gasteiger charge is 2.11. The van der Waals surface area contributed by atoms with E-state index in [4.69, 9.17) is 16.7 Å². The van der Waals surface area contributed by atoms with Crippen molar-refractivity contribution in [3.63, 3.8) is 0 Å². The van der Waals surface area contributed by atoms with E-state index in [0.29, 0.717) is 17.3 Å². The van der Waals surface area contributed by atoms with Crippen LogP contribution in [0.5, 0.6) is 0 Å². The maximum absolute atomic E-state index is 12.1. The summed E-state index contributed by atoms with van der Waals surface area (Å²) in [6.45, 7) is 0.334. The van der Waals surface area contributed by atoms with Crippen LogP contribution in [0.15, 0.2) is 53.9 Å². The summed E-state index contributed by atoms with van der Waals surface area (Å²) in [5.74, 6) is -1.12. The second kappa shape index (κ2) is 8.12. The fourth-order valence-corrected chi connectivity index (χ4v) is 3.48. The van der Waals surface area contributed by atoms with E-state index in [-0.39, 0.29) is 17.9 Å². The third kappa shape index (κ3) is 4.47. The van der Waals surface area contributed by atoms with E-state index in [2.05, 4.69) is 10.3 Å². The van der Waals surface area contributed by atoms with Crippen LogP contribution in [0.3, 0.4) is 0 Å². The Kier molecular flexibility index (Phi) is 5.65. The Hall–Kier alpha value is -2.70. The molecule has 0 aliphatic rings. The molecule has 0 unspecified atom stereocenters. The Labute approximate surface area is 159 Å². The third-order valence-corrected chi connectivity index (χ3v) is 4.94. The number of nitrogens with one attached hydrogen (secondary N) is 1. The molecule has 0 bridgehead atoms. The van der Waals surface area contributed by atoms with Crippen LogP contribution in [0.25, 0.3) is 10.6 Å². The summed E-state index contributed by atoms with van der Waals surface area (Å²) >= 11 is 7.62. The standard InChI is InChI=1S/C19H15ClN2O3S/c20-16-4-2-1-3-15(16)18-22-14(11-26-18)9-17(23)21-10-12-5-7-13(8-6-12)19(24)25/h1-8,11H,9-10H2,(H,21,23)(H,24,25). The molecule has 132 valence electrons. The first-order valence-electron chi connectivity index (χ1n) is 7.81. The molecule has 3 rings (SSSR count). The van der Waals surface area contributed by atoms with Gasteiger partial charge in [-0.3, -0.25) is 4.79 Å². The molecule has 2 aromatic carbocycles. The van der Waals surface area contributed by atoms with E-state index in [9.17, 15) is 9.59 Å². The summed E-state index contributed by atoms with van der Waals surface area (Å²) in [5.41, 5.74) is 2.58. The van der Waals surface area contributed by atoms with E-state index in [1.54, 1.807) is 18.2 Å². The number of aromatic carboxylic acids is 1. The molecular formula is C19H15ClN2O3S. The quantitative estimate of drug-likeness (QED) is 0.670. The van der Waals surface area contributed by atoms with Crippen LogP contribution >= 0.6 is 22.9 Å². The number of hydrogen-bond acceptors (Lipinski definition) is 4. The predicted molar refractivity (Wildman–Crippen MR) is 102 cm³/mol. The fraction of sp³-hybridized carbons (Fsp3) is 0.105. The van der Waals surface area contributed by atoms with Gasteiger partial charge in [-0.15, -0.1) is 11.3 Å². The number of benzene rings is 2. The van der Waals surface area contributed by atoms with Crippen molar-refractivity contribution in [1.29, 1.82) is 0 Å². The number of rotatable bonds is 6. The van der Waals surface area contributed by atoms with Gasteiger partial charge in [-0.05, 0) is 23.8 Å². The topological polar surface area (TPSA) is 79.3 Å². The third-order valence-electron chi connectivity index (χ3n) is 3.69. The lowest BCUT2D eigenvalue weighted by Crippen LogP contribution is -2.24. The molecule has 5 nitrogen and oxygen atoms in total. The van der Waals surface area contributed by atoms with Crippen molar-refractivity contribution >= 4 is 34.8 Å². The Balaban J connectivity index is 1.57. The average Bonchev–Trinajstić information content (AvgIpc) is 3.09. The number of carboxylic acid groups (broad SMARTS) is 1. The predicted octanol–water partition coefficient (Wildman–Crippen LogP) is 4.02. The molecule has 0 spiro atoms. The van der Waals surface area contributed by atoms with Crippen LogP contribution < -0.4 is 5.32 Å². The van der Waals surface area contributed by atoms with E-state index in [1.807, 2.05) is 23.6 Å². The molecule has 26 heavy (non-hydrogen) atoms. The van der Waals surface area contributed by atoms with Gasteiger partial charge in [0.15, 0.2) is 0 Å². The number of halogens is 1. The van der Waals surface area contributed by atoms with E-state index >= 15 is 0 Å². The van der Waals surface area contributed by atoms with Crippen LogP contribution in [-0.2, 0) is 17.8 Å². The molecule has 1 heterocycles. The van der Waals surface area contributed by atoms with Gasteiger partial charge in [0, 0.05) is 17.5 Å². The van der Waals surface area contributed by atoms with Gasteiger partial charge in [0.2, 0.25) is 5.91 Å². The highest BCUT2D eigenvalue weighted by Crippen LogP contribution is 2.30. The van der Waals surface area contributed by atoms with E-state index in [0.717, 1.165) is 16.1 Å². The highest BCUT2D eigenvalue weighted by molar-refractivity contribution is 7.13. The SMILES string of the molecule is O=C(Cc1csc(-c2ccccc2Cl)n1)NCc1ccc(C(=O)O)cc1. The van der Waals surface area contributed by atoms with Crippen LogP contribution in [0, 0.1) is 0 Å². The highest BCUT2D eigenvalue weighted by atomic mass is 35.5. The molecule has 2 N–H and O–H groups in total. The lowest BCUT2D eigenvalue weighted by Gasteiger charge is -2.05. The summed E-state index contributed by atoms with van der Waals surface area (Å²) < 4.78 is 0. The zero-order chi connectivity index (χ0) is 18.5. The monoisotopic (exact) mass is 386 g/mol. The minimum Gasteiger partial charge on any atom is -0.478 e. The first kappa shape index (κ1) is 18.1. The van der Waals surface area contributed by atoms with Gasteiger partial charge in [0.1, 0.15) is 5.01 Å². The largest absolute Gasteiger partial charge is 0.478 e. The molecule has 1 aromatic heterocycles. The zero-order valence-corrected chi connectivity index (χ0v) is 15.2. The van der Waals surface area contributed by atoms with E-state index in [1.165, 1.54) is 23.5 Å². The van der Waals surface area contributed by atoms with Gasteiger partial charge in [-0.1, -0.05) is 41.9 Å². The van der Waals surface area contributed by atoms with E-state index < -0.39 is 5.97 Å². The molecule has 0 aliphatic carbocycles. The normalized spacial score (nSPS) is 10.5. The minimum atomic E-state index is -0.974. The van der Waals surface area contributed by atoms with Gasteiger partial charge in [-0.2, -0.15) is 0 Å². The second-order valence-electron chi connectivity index (χ2n) is 5.58. The summed E-state index contributed by atoms with van der Waals surface area (Å²) in [5, 5.41) is 14.9. The summed E-state index contributed by atoms with van der Waals surface area (Å²) in [7, 11) is 0. The molecule has 0 saturated carbocycles. The summed E-state index contributed by atoms with van der Waals surface area (Å²) in [4.78, 5) is 27.4. The van der Waals surface area contributed by atoms with Crippen LogP contribution in [0.2, 0.25) is 5.02 Å². The molecule has 0 aliphatic heterocycles. The minimum absolute atomic E-state index is 0.150. The van der Waals surface area contributed by atoms with Gasteiger partial charge >= 0.3 is 5.97 Å². The molecular weight excluding hydrogens is 372 g/mol. The maximum atomic E-state index is 12.1. The Morgan fingerprint density at radius 3 is 2.54 bits per heavy atom. The number of nitrogens with zero attached hydrogens (tertiary/aromatic N) is 1.